The predicted molar refractivity (Wildman–Crippen MR) is 77.8 cm³/mol. The van der Waals surface area contributed by atoms with E-state index in [0.717, 1.165) is 0 Å². The van der Waals surface area contributed by atoms with E-state index in [2.05, 4.69) is 19.5 Å². The van der Waals surface area contributed by atoms with Crippen molar-refractivity contribution in [2.75, 3.05) is 26.7 Å². The summed E-state index contributed by atoms with van der Waals surface area (Å²) in [5, 5.41) is 11.9. The van der Waals surface area contributed by atoms with Crippen LogP contribution in [0.5, 0.6) is 0 Å². The molecule has 0 atom stereocenters. The maximum absolute atomic E-state index is 12.1. The minimum absolute atomic E-state index is 0.0967. The lowest BCUT2D eigenvalue weighted by molar-refractivity contribution is 0.213. The smallest absolute Gasteiger partial charge is 0.277 e. The Bertz CT molecular complexity index is 441. The van der Waals surface area contributed by atoms with Crippen LogP contribution >= 0.6 is 0 Å². The van der Waals surface area contributed by atoms with Gasteiger partial charge in [0.05, 0.1) is 5.54 Å². The molecule has 1 heterocycles. The summed E-state index contributed by atoms with van der Waals surface area (Å²) in [6.45, 7) is 5.50. The zero-order valence-corrected chi connectivity index (χ0v) is 13.1. The molecule has 1 aliphatic heterocycles. The third-order valence-corrected chi connectivity index (χ3v) is 4.66. The summed E-state index contributed by atoms with van der Waals surface area (Å²) in [5.41, 5.74) is 4.69. The highest BCUT2D eigenvalue weighted by molar-refractivity contribution is 7.87. The zero-order chi connectivity index (χ0) is 15.4. The van der Waals surface area contributed by atoms with Crippen LogP contribution in [0, 0.1) is 5.92 Å². The molecule has 8 nitrogen and oxygen atoms in total. The molecule has 1 saturated heterocycles. The van der Waals surface area contributed by atoms with Gasteiger partial charge < -0.3 is 15.8 Å². The second kappa shape index (κ2) is 6.70. The molecule has 1 aliphatic rings. The summed E-state index contributed by atoms with van der Waals surface area (Å²) < 4.78 is 29.2. The first-order valence-electron chi connectivity index (χ1n) is 6.66. The van der Waals surface area contributed by atoms with Crippen molar-refractivity contribution in [2.24, 2.45) is 16.8 Å². The number of likely N-dealkylation sites (tertiary alicyclic amines) is 1. The van der Waals surface area contributed by atoms with Crippen molar-refractivity contribution >= 4 is 16.0 Å². The number of hydrogen-bond acceptors (Lipinski definition) is 5. The molecule has 9 heteroatoms. The first kappa shape index (κ1) is 17.2. The van der Waals surface area contributed by atoms with Gasteiger partial charge in [0.25, 0.3) is 10.2 Å². The summed E-state index contributed by atoms with van der Waals surface area (Å²) in [7, 11) is -1.75. The van der Waals surface area contributed by atoms with E-state index in [0.29, 0.717) is 32.5 Å². The molecule has 20 heavy (non-hydrogen) atoms. The van der Waals surface area contributed by atoms with Crippen LogP contribution in [-0.2, 0) is 10.2 Å². The first-order chi connectivity index (χ1) is 9.21. The maximum Gasteiger partial charge on any atom is 0.277 e. The van der Waals surface area contributed by atoms with Crippen LogP contribution < -0.4 is 15.2 Å². The third kappa shape index (κ3) is 4.58. The number of piperidine rings is 1. The number of nitrogens with two attached hydrogens (primary N) is 1. The molecule has 0 spiro atoms. The zero-order valence-electron chi connectivity index (χ0n) is 12.3. The van der Waals surface area contributed by atoms with Crippen molar-refractivity contribution in [1.82, 2.24) is 14.3 Å². The van der Waals surface area contributed by atoms with E-state index in [4.69, 9.17) is 10.9 Å². The van der Waals surface area contributed by atoms with E-state index >= 15 is 0 Å². The lowest BCUT2D eigenvalue weighted by Gasteiger charge is -2.39. The Kier molecular flexibility index (Phi) is 5.75. The van der Waals surface area contributed by atoms with Crippen LogP contribution in [0.15, 0.2) is 5.16 Å². The third-order valence-electron chi connectivity index (χ3n) is 3.45. The van der Waals surface area contributed by atoms with Gasteiger partial charge in [0, 0.05) is 19.6 Å². The second-order valence-corrected chi connectivity index (χ2v) is 7.22. The molecule has 0 amide bonds. The molecule has 1 rings (SSSR count). The largest absolute Gasteiger partial charge is 0.409 e. The monoisotopic (exact) mass is 307 g/mol. The van der Waals surface area contributed by atoms with Gasteiger partial charge >= 0.3 is 0 Å². The van der Waals surface area contributed by atoms with Crippen molar-refractivity contribution in [3.8, 4) is 0 Å². The van der Waals surface area contributed by atoms with Gasteiger partial charge in [-0.2, -0.15) is 13.1 Å². The average Bonchev–Trinajstić information content (AvgIpc) is 2.38. The number of amidine groups is 1. The summed E-state index contributed by atoms with van der Waals surface area (Å²) in [6.07, 6.45) is 0.921. The molecule has 0 aromatic carbocycles. The molecule has 1 fully saturated rings. The fourth-order valence-corrected chi connectivity index (χ4v) is 3.52. The number of oxime groups is 1. The van der Waals surface area contributed by atoms with Crippen molar-refractivity contribution in [2.45, 2.75) is 32.2 Å². The molecular formula is C11H25N5O3S. The van der Waals surface area contributed by atoms with Crippen LogP contribution in [0.2, 0.25) is 0 Å². The Morgan fingerprint density at radius 2 is 2.00 bits per heavy atom. The summed E-state index contributed by atoms with van der Waals surface area (Å²) in [5.74, 6) is 0.101. The first-order valence-corrected chi connectivity index (χ1v) is 8.14. The highest BCUT2D eigenvalue weighted by Gasteiger charge is 2.41. The Morgan fingerprint density at radius 3 is 2.45 bits per heavy atom. The van der Waals surface area contributed by atoms with Gasteiger partial charge in [-0.3, -0.25) is 0 Å². The van der Waals surface area contributed by atoms with E-state index in [9.17, 15) is 8.42 Å². The number of nitrogens with one attached hydrogen (secondary N) is 2. The van der Waals surface area contributed by atoms with Gasteiger partial charge in [-0.25, -0.2) is 4.72 Å². The highest BCUT2D eigenvalue weighted by atomic mass is 32.2. The lowest BCUT2D eigenvalue weighted by Crippen LogP contribution is -2.63. The number of nitrogens with zero attached hydrogens (tertiary/aromatic N) is 2. The Labute approximate surface area is 120 Å². The number of rotatable bonds is 6. The van der Waals surface area contributed by atoms with E-state index in [1.54, 1.807) is 0 Å². The average molecular weight is 307 g/mol. The maximum atomic E-state index is 12.1. The van der Waals surface area contributed by atoms with Crippen LogP contribution in [-0.4, -0.2) is 56.6 Å². The fraction of sp³-hybridized carbons (Fsp3) is 0.909. The Balaban J connectivity index is 2.86. The predicted octanol–water partition coefficient (Wildman–Crippen LogP) is -0.723. The number of hydrogen-bond donors (Lipinski definition) is 4. The fourth-order valence-electron chi connectivity index (χ4n) is 2.08. The van der Waals surface area contributed by atoms with E-state index < -0.39 is 15.7 Å². The van der Waals surface area contributed by atoms with Gasteiger partial charge in [-0.1, -0.05) is 19.0 Å². The van der Waals surface area contributed by atoms with Crippen molar-refractivity contribution in [3.05, 3.63) is 0 Å². The van der Waals surface area contributed by atoms with E-state index in [1.807, 2.05) is 20.9 Å². The molecule has 0 aromatic rings. The Morgan fingerprint density at radius 1 is 1.45 bits per heavy atom. The highest BCUT2D eigenvalue weighted by Crippen LogP contribution is 2.22. The van der Waals surface area contributed by atoms with E-state index in [-0.39, 0.29) is 11.8 Å². The molecule has 0 aliphatic carbocycles. The Hall–Kier alpha value is -0.900. The van der Waals surface area contributed by atoms with Gasteiger partial charge in [0.1, 0.15) is 0 Å². The van der Waals surface area contributed by atoms with Gasteiger partial charge in [0.2, 0.25) is 0 Å². The summed E-state index contributed by atoms with van der Waals surface area (Å²) >= 11 is 0. The van der Waals surface area contributed by atoms with Gasteiger partial charge in [-0.05, 0) is 25.8 Å². The molecule has 0 radical (unpaired) electrons. The van der Waals surface area contributed by atoms with E-state index in [1.165, 1.54) is 0 Å². The molecular weight excluding hydrogens is 282 g/mol. The standard InChI is InChI=1S/C11H25N5O3S/c1-9(2)8-13-20(18,19)15-11(10(12)14-17)4-6-16(3)7-5-11/h9,13,15,17H,4-8H2,1-3H3,(H2,12,14). The van der Waals surface area contributed by atoms with Crippen LogP contribution in [0.4, 0.5) is 0 Å². The van der Waals surface area contributed by atoms with Gasteiger partial charge in [0.15, 0.2) is 5.84 Å². The van der Waals surface area contributed by atoms with Gasteiger partial charge in [-0.15, -0.1) is 0 Å². The topological polar surface area (TPSA) is 120 Å². The normalized spacial score (nSPS) is 21.3. The summed E-state index contributed by atoms with van der Waals surface area (Å²) in [6, 6.07) is 0. The summed E-state index contributed by atoms with van der Waals surface area (Å²) in [4.78, 5) is 2.07. The second-order valence-electron chi connectivity index (χ2n) is 5.72. The van der Waals surface area contributed by atoms with Crippen molar-refractivity contribution < 1.29 is 13.6 Å². The van der Waals surface area contributed by atoms with Crippen molar-refractivity contribution in [3.63, 3.8) is 0 Å². The van der Waals surface area contributed by atoms with Crippen LogP contribution in [0.25, 0.3) is 0 Å². The SMILES string of the molecule is CC(C)CNS(=O)(=O)NC1(C(N)=NO)CCN(C)CC1. The van der Waals surface area contributed by atoms with Crippen LogP contribution in [0.3, 0.4) is 0 Å². The molecule has 0 bridgehead atoms. The quantitative estimate of drug-likeness (QED) is 0.223. The molecule has 5 N–H and O–H groups in total. The minimum atomic E-state index is -3.70. The minimum Gasteiger partial charge on any atom is -0.409 e. The van der Waals surface area contributed by atoms with Crippen LogP contribution in [0.1, 0.15) is 26.7 Å². The molecule has 0 unspecified atom stereocenters. The molecule has 118 valence electrons. The molecule has 0 aromatic heterocycles. The molecule has 0 saturated carbocycles. The lowest BCUT2D eigenvalue weighted by atomic mass is 9.88. The van der Waals surface area contributed by atoms with Crippen molar-refractivity contribution in [1.29, 1.82) is 0 Å².